The van der Waals surface area contributed by atoms with E-state index in [1.165, 1.54) is 11.3 Å². The lowest BCUT2D eigenvalue weighted by Gasteiger charge is -2.15. The van der Waals surface area contributed by atoms with Crippen LogP contribution in [0.2, 0.25) is 5.02 Å². The maximum absolute atomic E-state index is 12.8. The molecule has 8 nitrogen and oxygen atoms in total. The van der Waals surface area contributed by atoms with Crippen LogP contribution in [-0.4, -0.2) is 32.8 Å². The number of rotatable bonds is 7. The highest BCUT2D eigenvalue weighted by molar-refractivity contribution is 7.14. The van der Waals surface area contributed by atoms with Crippen LogP contribution in [-0.2, 0) is 13.7 Å². The third kappa shape index (κ3) is 4.50. The van der Waals surface area contributed by atoms with Gasteiger partial charge in [-0.2, -0.15) is 0 Å². The molecular formula is C26H22ClN5O3S. The minimum atomic E-state index is -0.615. The first-order valence-corrected chi connectivity index (χ1v) is 12.2. The summed E-state index contributed by atoms with van der Waals surface area (Å²) in [4.78, 5) is 17.4. The van der Waals surface area contributed by atoms with Crippen LogP contribution in [0.5, 0.6) is 11.5 Å². The second-order valence-corrected chi connectivity index (χ2v) is 9.68. The molecule has 0 saturated heterocycles. The van der Waals surface area contributed by atoms with Gasteiger partial charge in [-0.1, -0.05) is 22.9 Å². The standard InChI is InChI=1S/C26H22ClN5O3S/c1-14-10-19(18-12-20-15(8-9-32(20)2)11-21(18)34-3)23(25(28)33)24(29-14)26-31-30-22(36-26)13-35-17-6-4-16(27)5-7-17/h4-12H,13H2,1-3H3,(H2,28,33). The highest BCUT2D eigenvalue weighted by Crippen LogP contribution is 2.39. The molecule has 5 rings (SSSR count). The van der Waals surface area contributed by atoms with E-state index >= 15 is 0 Å². The maximum atomic E-state index is 12.8. The lowest BCUT2D eigenvalue weighted by Crippen LogP contribution is -2.16. The number of carbonyl (C=O) groups excluding carboxylic acids is 1. The molecule has 0 atom stereocenters. The SMILES string of the molecule is COc1cc2ccn(C)c2cc1-c1cc(C)nc(-c2nnc(COc3ccc(Cl)cc3)s2)c1C(N)=O. The highest BCUT2D eigenvalue weighted by atomic mass is 35.5. The lowest BCUT2D eigenvalue weighted by atomic mass is 9.95. The Labute approximate surface area is 216 Å². The van der Waals surface area contributed by atoms with Crippen molar-refractivity contribution < 1.29 is 14.3 Å². The number of benzene rings is 2. The summed E-state index contributed by atoms with van der Waals surface area (Å²) in [5, 5.41) is 11.3. The summed E-state index contributed by atoms with van der Waals surface area (Å²) >= 11 is 7.22. The molecule has 0 aliphatic rings. The zero-order valence-electron chi connectivity index (χ0n) is 19.8. The molecule has 2 aromatic carbocycles. The Hall–Kier alpha value is -3.95. The van der Waals surface area contributed by atoms with Crippen molar-refractivity contribution in [2.24, 2.45) is 12.8 Å². The number of pyridine rings is 1. The summed E-state index contributed by atoms with van der Waals surface area (Å²) in [6, 6.07) is 14.8. The van der Waals surface area contributed by atoms with Crippen LogP contribution in [0.1, 0.15) is 21.1 Å². The van der Waals surface area contributed by atoms with Gasteiger partial charge in [0.1, 0.15) is 23.8 Å². The van der Waals surface area contributed by atoms with Crippen molar-refractivity contribution in [3.05, 3.63) is 76.0 Å². The third-order valence-corrected chi connectivity index (χ3v) is 6.89. The number of carbonyl (C=O) groups is 1. The third-order valence-electron chi connectivity index (χ3n) is 5.74. The van der Waals surface area contributed by atoms with Crippen LogP contribution in [0.3, 0.4) is 0 Å². The minimum absolute atomic E-state index is 0.210. The molecule has 2 N–H and O–H groups in total. The summed E-state index contributed by atoms with van der Waals surface area (Å²) in [5.41, 5.74) is 9.60. The van der Waals surface area contributed by atoms with Gasteiger partial charge in [-0.15, -0.1) is 10.2 Å². The zero-order valence-corrected chi connectivity index (χ0v) is 21.4. The molecule has 0 spiro atoms. The summed E-state index contributed by atoms with van der Waals surface area (Å²) in [6.45, 7) is 2.07. The van der Waals surface area contributed by atoms with Gasteiger partial charge in [-0.05, 0) is 55.5 Å². The Morgan fingerprint density at radius 2 is 1.89 bits per heavy atom. The van der Waals surface area contributed by atoms with Crippen LogP contribution in [0.15, 0.2) is 54.7 Å². The molecule has 0 aliphatic heterocycles. The van der Waals surface area contributed by atoms with E-state index in [0.717, 1.165) is 16.5 Å². The first kappa shape index (κ1) is 23.8. The second kappa shape index (κ2) is 9.60. The molecule has 182 valence electrons. The van der Waals surface area contributed by atoms with Gasteiger partial charge in [0.25, 0.3) is 5.91 Å². The van der Waals surface area contributed by atoms with Gasteiger partial charge in [0.15, 0.2) is 10.0 Å². The molecule has 0 aliphatic carbocycles. The second-order valence-electron chi connectivity index (χ2n) is 8.18. The van der Waals surface area contributed by atoms with E-state index in [0.29, 0.717) is 43.5 Å². The van der Waals surface area contributed by atoms with E-state index in [1.54, 1.807) is 31.4 Å². The number of amides is 1. The van der Waals surface area contributed by atoms with E-state index < -0.39 is 5.91 Å². The summed E-state index contributed by atoms with van der Waals surface area (Å²) < 4.78 is 13.5. The molecule has 0 fully saturated rings. The highest BCUT2D eigenvalue weighted by Gasteiger charge is 2.24. The van der Waals surface area contributed by atoms with Gasteiger partial charge in [0.2, 0.25) is 0 Å². The summed E-state index contributed by atoms with van der Waals surface area (Å²) in [5.74, 6) is 0.672. The Kier molecular flexibility index (Phi) is 6.34. The maximum Gasteiger partial charge on any atom is 0.251 e. The smallest absolute Gasteiger partial charge is 0.251 e. The van der Waals surface area contributed by atoms with Crippen molar-refractivity contribution in [1.82, 2.24) is 19.7 Å². The Morgan fingerprint density at radius 1 is 1.11 bits per heavy atom. The number of hydrogen-bond acceptors (Lipinski definition) is 7. The van der Waals surface area contributed by atoms with E-state index in [4.69, 9.17) is 26.8 Å². The van der Waals surface area contributed by atoms with Gasteiger partial charge >= 0.3 is 0 Å². The van der Waals surface area contributed by atoms with E-state index in [1.807, 2.05) is 49.0 Å². The minimum Gasteiger partial charge on any atom is -0.496 e. The lowest BCUT2D eigenvalue weighted by molar-refractivity contribution is 0.100. The fourth-order valence-electron chi connectivity index (χ4n) is 4.05. The number of fused-ring (bicyclic) bond motifs is 1. The average Bonchev–Trinajstić information content (AvgIpc) is 3.48. The predicted octanol–water partition coefficient (Wildman–Crippen LogP) is 5.41. The fourth-order valence-corrected chi connectivity index (χ4v) is 4.92. The van der Waals surface area contributed by atoms with Crippen LogP contribution < -0.4 is 15.2 Å². The average molecular weight is 520 g/mol. The summed E-state index contributed by atoms with van der Waals surface area (Å²) in [7, 11) is 3.57. The van der Waals surface area contributed by atoms with E-state index in [9.17, 15) is 4.79 Å². The Bertz CT molecular complexity index is 1590. The van der Waals surface area contributed by atoms with E-state index in [2.05, 4.69) is 15.2 Å². The first-order valence-electron chi connectivity index (χ1n) is 11.0. The van der Waals surface area contributed by atoms with Crippen molar-refractivity contribution in [3.8, 4) is 33.3 Å². The van der Waals surface area contributed by atoms with Gasteiger partial charge in [0, 0.05) is 46.0 Å². The van der Waals surface area contributed by atoms with Crippen molar-refractivity contribution in [3.63, 3.8) is 0 Å². The summed E-state index contributed by atoms with van der Waals surface area (Å²) in [6.07, 6.45) is 1.97. The van der Waals surface area contributed by atoms with Crippen LogP contribution in [0.4, 0.5) is 0 Å². The number of aryl methyl sites for hydroxylation is 2. The van der Waals surface area contributed by atoms with Gasteiger partial charge in [-0.25, -0.2) is 4.98 Å². The van der Waals surface area contributed by atoms with Crippen LogP contribution in [0, 0.1) is 6.92 Å². The number of methoxy groups -OCH3 is 1. The van der Waals surface area contributed by atoms with Crippen LogP contribution >= 0.6 is 22.9 Å². The molecule has 36 heavy (non-hydrogen) atoms. The number of hydrogen-bond donors (Lipinski definition) is 1. The fraction of sp³-hybridized carbons (Fsp3) is 0.154. The van der Waals surface area contributed by atoms with Crippen molar-refractivity contribution in [2.45, 2.75) is 13.5 Å². The molecule has 0 radical (unpaired) electrons. The molecule has 0 unspecified atom stereocenters. The topological polar surface area (TPSA) is 105 Å². The number of aromatic nitrogens is 4. The molecule has 3 heterocycles. The van der Waals surface area contributed by atoms with Crippen molar-refractivity contribution >= 4 is 39.7 Å². The molecule has 5 aromatic rings. The molecule has 1 amide bonds. The molecule has 10 heteroatoms. The molecular weight excluding hydrogens is 498 g/mol. The molecule has 0 bridgehead atoms. The number of primary amides is 1. The Morgan fingerprint density at radius 3 is 2.61 bits per heavy atom. The Balaban J connectivity index is 1.58. The normalized spacial score (nSPS) is 11.1. The monoisotopic (exact) mass is 519 g/mol. The van der Waals surface area contributed by atoms with Crippen molar-refractivity contribution in [1.29, 1.82) is 0 Å². The van der Waals surface area contributed by atoms with Gasteiger partial charge < -0.3 is 19.8 Å². The molecule has 3 aromatic heterocycles. The first-order chi connectivity index (χ1) is 17.3. The van der Waals surface area contributed by atoms with Crippen molar-refractivity contribution in [2.75, 3.05) is 7.11 Å². The zero-order chi connectivity index (χ0) is 25.4. The number of halogens is 1. The largest absolute Gasteiger partial charge is 0.496 e. The predicted molar refractivity (Wildman–Crippen MR) is 141 cm³/mol. The van der Waals surface area contributed by atoms with E-state index in [-0.39, 0.29) is 12.2 Å². The quantitative estimate of drug-likeness (QED) is 0.308. The van der Waals surface area contributed by atoms with Gasteiger partial charge in [0.05, 0.1) is 12.7 Å². The molecule has 0 saturated carbocycles. The number of nitrogens with zero attached hydrogens (tertiary/aromatic N) is 4. The van der Waals surface area contributed by atoms with Gasteiger partial charge in [-0.3, -0.25) is 4.79 Å². The number of ether oxygens (including phenoxy) is 2. The van der Waals surface area contributed by atoms with Crippen LogP contribution in [0.25, 0.3) is 32.7 Å². The number of nitrogens with two attached hydrogens (primary N) is 1.